The first-order valence-electron chi connectivity index (χ1n) is 25.3. The summed E-state index contributed by atoms with van der Waals surface area (Å²) in [7, 11) is 4.56. The molecule has 4 aliphatic rings. The molecule has 2 saturated heterocycles. The Hall–Kier alpha value is -3.81. The average molecular weight is 989 g/mol. The van der Waals surface area contributed by atoms with E-state index in [0.717, 1.165) is 12.0 Å². The van der Waals surface area contributed by atoms with E-state index >= 15 is 0 Å². The van der Waals surface area contributed by atoms with Crippen molar-refractivity contribution in [2.45, 2.75) is 186 Å². The molecule has 16 atom stereocenters. The molecule has 0 spiro atoms. The van der Waals surface area contributed by atoms with Crippen LogP contribution in [-0.2, 0) is 47.7 Å². The number of nitrogens with zero attached hydrogens (tertiary/aromatic N) is 2. The minimum atomic E-state index is -2.44. The number of piperidine rings is 1. The lowest BCUT2D eigenvalue weighted by Crippen LogP contribution is -2.61. The third-order valence-electron chi connectivity index (χ3n) is 15.1. The number of esters is 1. The number of aliphatic hydroxyl groups is 4. The van der Waals surface area contributed by atoms with Gasteiger partial charge in [-0.25, -0.2) is 9.59 Å². The van der Waals surface area contributed by atoms with Crippen molar-refractivity contribution in [1.82, 2.24) is 4.90 Å². The molecule has 5 N–H and O–H groups in total. The van der Waals surface area contributed by atoms with Crippen LogP contribution < -0.4 is 0 Å². The van der Waals surface area contributed by atoms with E-state index in [4.69, 9.17) is 28.5 Å². The monoisotopic (exact) mass is 989 g/mol. The Labute approximate surface area is 415 Å². The van der Waals surface area contributed by atoms with Gasteiger partial charge in [-0.05, 0) is 107 Å². The summed E-state index contributed by atoms with van der Waals surface area (Å²) < 4.78 is 29.8. The van der Waals surface area contributed by atoms with Crippen molar-refractivity contribution < 1.29 is 73.2 Å². The summed E-state index contributed by atoms with van der Waals surface area (Å²) in [5.74, 6) is -8.39. The second kappa shape index (κ2) is 27.9. The number of fused-ring (bicyclic) bond motifs is 3. The highest BCUT2D eigenvalue weighted by Gasteiger charge is 2.53. The first-order valence-corrected chi connectivity index (χ1v) is 25.3. The normalized spacial score (nSPS) is 39.9. The van der Waals surface area contributed by atoms with Crippen molar-refractivity contribution in [3.63, 3.8) is 0 Å². The zero-order valence-corrected chi connectivity index (χ0v) is 43.2. The van der Waals surface area contributed by atoms with E-state index in [1.54, 1.807) is 41.1 Å². The number of ether oxygens (including phenoxy) is 5. The maximum absolute atomic E-state index is 14.5. The number of aliphatic hydroxyl groups excluding tert-OH is 3. The lowest BCUT2D eigenvalue weighted by atomic mass is 9.78. The third kappa shape index (κ3) is 16.1. The molecule has 0 unspecified atom stereocenters. The molecule has 396 valence electrons. The van der Waals surface area contributed by atoms with Crippen LogP contribution in [0.25, 0.3) is 0 Å². The number of aliphatic carboxylic acids is 1. The number of hydrogen-bond donors (Lipinski definition) is 5. The molecular formula is C53H84N2O15. The average Bonchev–Trinajstić information content (AvgIpc) is 3.32. The lowest BCUT2D eigenvalue weighted by Gasteiger charge is -2.43. The lowest BCUT2D eigenvalue weighted by molar-refractivity contribution is -0.265. The van der Waals surface area contributed by atoms with E-state index in [0.29, 0.717) is 69.1 Å². The van der Waals surface area contributed by atoms with E-state index in [1.807, 2.05) is 58.1 Å². The second-order valence-electron chi connectivity index (χ2n) is 20.6. The van der Waals surface area contributed by atoms with Gasteiger partial charge in [-0.1, -0.05) is 76.2 Å². The zero-order chi connectivity index (χ0) is 51.9. The number of amides is 1. The van der Waals surface area contributed by atoms with Crippen LogP contribution in [-0.4, -0.2) is 155 Å². The van der Waals surface area contributed by atoms with E-state index in [1.165, 1.54) is 12.0 Å². The van der Waals surface area contributed by atoms with Gasteiger partial charge < -0.3 is 59.0 Å². The molecule has 2 bridgehead atoms. The molecule has 3 fully saturated rings. The number of hydrogen-bond acceptors (Lipinski definition) is 15. The second-order valence-corrected chi connectivity index (χ2v) is 20.6. The van der Waals surface area contributed by atoms with Crippen LogP contribution in [0.4, 0.5) is 0 Å². The fourth-order valence-corrected chi connectivity index (χ4v) is 10.6. The predicted octanol–water partition coefficient (Wildman–Crippen LogP) is 5.86. The zero-order valence-electron chi connectivity index (χ0n) is 43.2. The van der Waals surface area contributed by atoms with Gasteiger partial charge in [0.1, 0.15) is 24.4 Å². The summed E-state index contributed by atoms with van der Waals surface area (Å²) in [6, 6.07) is -1.14. The summed E-state index contributed by atoms with van der Waals surface area (Å²) >= 11 is 0. The van der Waals surface area contributed by atoms with Gasteiger partial charge in [-0.3, -0.25) is 9.59 Å². The van der Waals surface area contributed by atoms with E-state index in [-0.39, 0.29) is 49.2 Å². The summed E-state index contributed by atoms with van der Waals surface area (Å²) in [5, 5.41) is 59.8. The minimum Gasteiger partial charge on any atom is -0.479 e. The molecule has 0 radical (unpaired) electrons. The number of carbonyl (C=O) groups excluding carboxylic acids is 3. The van der Waals surface area contributed by atoms with Gasteiger partial charge in [0.05, 0.1) is 36.2 Å². The summed E-state index contributed by atoms with van der Waals surface area (Å²) in [5.41, 5.74) is 1.61. The highest BCUT2D eigenvalue weighted by molar-refractivity contribution is 6.39. The Bertz CT molecular complexity index is 1880. The summed E-state index contributed by atoms with van der Waals surface area (Å²) in [6.45, 7) is 12.3. The molecule has 4 rings (SSSR count). The largest absolute Gasteiger partial charge is 0.479 e. The van der Waals surface area contributed by atoms with Crippen LogP contribution in [0.1, 0.15) is 126 Å². The molecule has 17 heteroatoms. The number of oxime groups is 1. The Morgan fingerprint density at radius 2 is 1.60 bits per heavy atom. The van der Waals surface area contributed by atoms with E-state index < -0.39 is 96.6 Å². The van der Waals surface area contributed by atoms with Gasteiger partial charge in [0.2, 0.25) is 12.4 Å². The molecular weight excluding hydrogens is 905 g/mol. The Kier molecular flexibility index (Phi) is 23.4. The van der Waals surface area contributed by atoms with Crippen molar-refractivity contribution in [1.29, 1.82) is 0 Å². The highest BCUT2D eigenvalue weighted by atomic mass is 16.6. The number of carboxylic acids is 1. The van der Waals surface area contributed by atoms with Crippen molar-refractivity contribution in [3.05, 3.63) is 47.6 Å². The Balaban J connectivity index is 1.75. The molecule has 3 aliphatic heterocycles. The van der Waals surface area contributed by atoms with Crippen LogP contribution in [0.5, 0.6) is 0 Å². The number of cyclic esters (lactones) is 1. The molecule has 70 heavy (non-hydrogen) atoms. The van der Waals surface area contributed by atoms with Crippen molar-refractivity contribution in [2.75, 3.05) is 34.5 Å². The van der Waals surface area contributed by atoms with Gasteiger partial charge >= 0.3 is 11.9 Å². The van der Waals surface area contributed by atoms with Crippen molar-refractivity contribution in [3.8, 4) is 0 Å². The third-order valence-corrected chi connectivity index (χ3v) is 15.1. The maximum atomic E-state index is 14.5. The Morgan fingerprint density at radius 1 is 0.871 bits per heavy atom. The van der Waals surface area contributed by atoms with Gasteiger partial charge in [0.25, 0.3) is 11.7 Å². The molecule has 1 aliphatic carbocycles. The minimum absolute atomic E-state index is 0.00546. The van der Waals surface area contributed by atoms with E-state index in [9.17, 15) is 44.7 Å². The number of allylic oxidation sites excluding steroid dienone is 5. The molecule has 1 amide bonds. The van der Waals surface area contributed by atoms with Gasteiger partial charge in [0, 0.05) is 58.5 Å². The fourth-order valence-electron chi connectivity index (χ4n) is 10.6. The summed E-state index contributed by atoms with van der Waals surface area (Å²) in [6.07, 6.45) is 10.5. The first-order chi connectivity index (χ1) is 33.1. The highest BCUT2D eigenvalue weighted by Crippen LogP contribution is 2.38. The van der Waals surface area contributed by atoms with Crippen molar-refractivity contribution >= 4 is 29.3 Å². The Morgan fingerprint density at radius 3 is 2.27 bits per heavy atom. The predicted molar refractivity (Wildman–Crippen MR) is 262 cm³/mol. The molecule has 0 aromatic carbocycles. The van der Waals surface area contributed by atoms with Gasteiger partial charge in [-0.2, -0.15) is 0 Å². The fraction of sp³-hybridized carbons (Fsp3) is 0.755. The number of rotatable bonds is 9. The first kappa shape index (κ1) is 58.8. The number of Topliss-reactive ketones (excluding diaryl/α,β-unsaturated/α-hetero) is 1. The number of carbonyl (C=O) groups is 4. The van der Waals surface area contributed by atoms with Crippen LogP contribution in [0, 0.1) is 35.5 Å². The van der Waals surface area contributed by atoms with Gasteiger partial charge in [-0.15, -0.1) is 0 Å². The van der Waals surface area contributed by atoms with E-state index in [2.05, 4.69) is 5.16 Å². The number of methoxy groups -OCH3 is 3. The maximum Gasteiger partial charge on any atom is 0.344 e. The quantitative estimate of drug-likeness (QED) is 0.0787. The van der Waals surface area contributed by atoms with Gasteiger partial charge in [0.15, 0.2) is 0 Å². The molecule has 1 saturated carbocycles. The summed E-state index contributed by atoms with van der Waals surface area (Å²) in [4.78, 5) is 60.9. The topological polar surface area (TPSA) is 240 Å². The van der Waals surface area contributed by atoms with Crippen LogP contribution >= 0.6 is 0 Å². The molecule has 0 aromatic rings. The van der Waals surface area contributed by atoms with Crippen molar-refractivity contribution in [2.24, 2.45) is 40.7 Å². The SMILES string of the molecule is CO[C@H]1C[C@@H]2CC[C@@H](C)[C@@](O)(O2)C(=O)C(=O)N2CCCC[C@H]2C(=O)O[C@H]([C@H](C)C[C@@H]2CC[C@@H](O)[C@H](OC)C2)C[C@@H](O)[C@H](C)/C=C(\C)[C@@H](O)[C@@H](OC)C(=NOCC(=O)O)[C@H](C)C[C@H](C)/C=C/C=C/C=C/1C. The van der Waals surface area contributed by atoms with Crippen LogP contribution in [0.3, 0.4) is 0 Å². The van der Waals surface area contributed by atoms with Crippen LogP contribution in [0.15, 0.2) is 52.8 Å². The smallest absolute Gasteiger partial charge is 0.344 e. The molecule has 0 aromatic heterocycles. The number of carboxylic acid groups (broad SMARTS) is 1. The molecule has 3 heterocycles. The molecule has 17 nitrogen and oxygen atoms in total. The standard InChI is InChI=1S/C53H84N2O15/c1-31-16-12-11-13-17-32(2)43(65-8)28-39-21-19-37(7)53(64,70-39)50(61)51(62)55-23-15-14-18-40(55)52(63)69-44(34(4)26-38-20-22-41(56)45(27-38)66-9)29-42(57)33(3)25-36(6)48(60)49(67-10)47(35(5)24-31)54-68-30-46(58)59/h11-13,16-17,25,31,33-35,37-45,48-49,56-57,60,64H,14-15,18-24,26-30H2,1-10H3,(H,58,59)/b13-11+,16-12+,32-17+,36-25+,54-47?/t31-,33-,34-,35-,37-,38+,39+,40+,41-,42-,43+,44+,45-,48-,49+,53-/m1/s1. The number of ketones is 1. The van der Waals surface area contributed by atoms with Crippen LogP contribution in [0.2, 0.25) is 0 Å².